The summed E-state index contributed by atoms with van der Waals surface area (Å²) in [5.74, 6) is 0.216. The second-order valence-electron chi connectivity index (χ2n) is 7.45. The van der Waals surface area contributed by atoms with Crippen LogP contribution in [-0.4, -0.2) is 26.1 Å². The highest BCUT2D eigenvalue weighted by Gasteiger charge is 2.41. The molecule has 2 atom stereocenters. The van der Waals surface area contributed by atoms with Gasteiger partial charge < -0.3 is 14.8 Å². The predicted molar refractivity (Wildman–Crippen MR) is 113 cm³/mol. The van der Waals surface area contributed by atoms with E-state index in [9.17, 15) is 4.39 Å². The summed E-state index contributed by atoms with van der Waals surface area (Å²) in [6.45, 7) is 5.22. The highest BCUT2D eigenvalue weighted by molar-refractivity contribution is 7.80. The van der Waals surface area contributed by atoms with Crippen LogP contribution in [0.1, 0.15) is 37.3 Å². The molecule has 0 amide bonds. The third-order valence-corrected chi connectivity index (χ3v) is 5.30. The van der Waals surface area contributed by atoms with Crippen molar-refractivity contribution in [2.45, 2.75) is 25.9 Å². The Morgan fingerprint density at radius 2 is 1.89 bits per heavy atom. The van der Waals surface area contributed by atoms with Gasteiger partial charge in [-0.1, -0.05) is 19.9 Å². The number of hydrogen-bond donors (Lipinski definition) is 1. The lowest BCUT2D eigenvalue weighted by molar-refractivity contribution is 0.280. The molecule has 0 aliphatic carbocycles. The van der Waals surface area contributed by atoms with Crippen LogP contribution in [-0.2, 0) is 0 Å². The molecule has 1 N–H and O–H groups in total. The van der Waals surface area contributed by atoms with E-state index in [2.05, 4.69) is 39.7 Å². The number of rotatable bonds is 5. The minimum atomic E-state index is -0.242. The highest BCUT2D eigenvalue weighted by Crippen LogP contribution is 2.39. The quantitative estimate of drug-likeness (QED) is 0.639. The predicted octanol–water partition coefficient (Wildman–Crippen LogP) is 4.64. The molecule has 0 spiro atoms. The van der Waals surface area contributed by atoms with Crippen LogP contribution in [0, 0.1) is 11.7 Å². The van der Waals surface area contributed by atoms with Gasteiger partial charge in [0.25, 0.3) is 0 Å². The lowest BCUT2D eigenvalue weighted by Crippen LogP contribution is -2.33. The van der Waals surface area contributed by atoms with Gasteiger partial charge in [-0.05, 0) is 66.7 Å². The third-order valence-electron chi connectivity index (χ3n) is 4.95. The zero-order valence-corrected chi connectivity index (χ0v) is 16.7. The molecule has 4 rings (SSSR count). The highest BCUT2D eigenvalue weighted by atomic mass is 32.1. The molecule has 144 valence electrons. The van der Waals surface area contributed by atoms with Crippen LogP contribution in [0.3, 0.4) is 0 Å². The van der Waals surface area contributed by atoms with Crippen molar-refractivity contribution in [3.63, 3.8) is 0 Å². The summed E-state index contributed by atoms with van der Waals surface area (Å²) in [5, 5.41) is 4.21. The Labute approximate surface area is 170 Å². The Morgan fingerprint density at radius 1 is 1.11 bits per heavy atom. The number of nitrogens with one attached hydrogen (secondary N) is 1. The van der Waals surface area contributed by atoms with Gasteiger partial charge in [-0.15, -0.1) is 0 Å². The monoisotopic (exact) mass is 394 g/mol. The third kappa shape index (κ3) is 3.52. The Morgan fingerprint density at radius 3 is 2.57 bits per heavy atom. The summed E-state index contributed by atoms with van der Waals surface area (Å²) in [5.41, 5.74) is 2.96. The second-order valence-corrected chi connectivity index (χ2v) is 7.84. The maximum absolute atomic E-state index is 13.4. The Bertz CT molecular complexity index is 952. The lowest BCUT2D eigenvalue weighted by atomic mass is 10.0. The minimum Gasteiger partial charge on any atom is -0.352 e. The molecule has 1 aliphatic heterocycles. The van der Waals surface area contributed by atoms with E-state index in [-0.39, 0.29) is 17.9 Å². The molecular weight excluding hydrogens is 371 g/mol. The first-order valence-electron chi connectivity index (χ1n) is 9.46. The summed E-state index contributed by atoms with van der Waals surface area (Å²) in [7, 11) is 0. The van der Waals surface area contributed by atoms with Crippen LogP contribution >= 0.6 is 12.2 Å². The fourth-order valence-electron chi connectivity index (χ4n) is 3.79. The van der Waals surface area contributed by atoms with Gasteiger partial charge in [-0.3, -0.25) is 4.98 Å². The summed E-state index contributed by atoms with van der Waals surface area (Å²) in [4.78, 5) is 6.82. The molecule has 0 saturated carbocycles. The normalized spacial score (nSPS) is 19.3. The van der Waals surface area contributed by atoms with E-state index in [1.54, 1.807) is 18.3 Å². The molecule has 4 nitrogen and oxygen atoms in total. The fraction of sp³-hybridized carbons (Fsp3) is 0.273. The zero-order chi connectivity index (χ0) is 19.7. The summed E-state index contributed by atoms with van der Waals surface area (Å²) >= 11 is 5.69. The van der Waals surface area contributed by atoms with Crippen molar-refractivity contribution < 1.29 is 4.39 Å². The molecule has 0 unspecified atom stereocenters. The van der Waals surface area contributed by atoms with Gasteiger partial charge in [0, 0.05) is 30.3 Å². The number of benzene rings is 1. The molecule has 0 radical (unpaired) electrons. The lowest BCUT2D eigenvalue weighted by Gasteiger charge is -2.30. The first kappa shape index (κ1) is 18.6. The largest absolute Gasteiger partial charge is 0.352 e. The molecule has 6 heteroatoms. The molecule has 1 aromatic carbocycles. The minimum absolute atomic E-state index is 0.00940. The summed E-state index contributed by atoms with van der Waals surface area (Å²) in [6.07, 6.45) is 3.81. The number of halogens is 1. The first-order chi connectivity index (χ1) is 13.5. The standard InChI is InChI=1S/C22H23FN4S/c1-15(2)14-27-21(20(25-22(27)28)18-6-3-4-12-24-18)19-7-5-13-26(19)17-10-8-16(23)9-11-17/h3-13,15,20-21H,14H2,1-2H3,(H,25,28)/t20-,21-/m1/s1. The van der Waals surface area contributed by atoms with Crippen LogP contribution in [0.4, 0.5) is 4.39 Å². The van der Waals surface area contributed by atoms with Gasteiger partial charge in [-0.25, -0.2) is 4.39 Å². The van der Waals surface area contributed by atoms with E-state index in [1.807, 2.05) is 30.5 Å². The van der Waals surface area contributed by atoms with Crippen LogP contribution < -0.4 is 5.32 Å². The number of aromatic nitrogens is 2. The molecule has 1 saturated heterocycles. The molecule has 28 heavy (non-hydrogen) atoms. The van der Waals surface area contributed by atoms with Crippen molar-refractivity contribution >= 4 is 17.3 Å². The molecule has 1 aliphatic rings. The van der Waals surface area contributed by atoms with E-state index < -0.39 is 0 Å². The maximum Gasteiger partial charge on any atom is 0.170 e. The average molecular weight is 395 g/mol. The van der Waals surface area contributed by atoms with Crippen molar-refractivity contribution in [3.8, 4) is 5.69 Å². The molecule has 2 aromatic heterocycles. The number of nitrogens with zero attached hydrogens (tertiary/aromatic N) is 3. The number of pyridine rings is 1. The molecule has 1 fully saturated rings. The van der Waals surface area contributed by atoms with Gasteiger partial charge >= 0.3 is 0 Å². The van der Waals surface area contributed by atoms with Crippen LogP contribution in [0.25, 0.3) is 5.69 Å². The summed E-state index contributed by atoms with van der Waals surface area (Å²) in [6, 6.07) is 16.5. The Hall–Kier alpha value is -2.73. The van der Waals surface area contributed by atoms with E-state index in [0.717, 1.165) is 28.7 Å². The smallest absolute Gasteiger partial charge is 0.170 e. The maximum atomic E-state index is 13.4. The number of thiocarbonyl (C=S) groups is 1. The van der Waals surface area contributed by atoms with Gasteiger partial charge in [0.05, 0.1) is 17.8 Å². The van der Waals surface area contributed by atoms with E-state index in [0.29, 0.717) is 5.92 Å². The fourth-order valence-corrected chi connectivity index (χ4v) is 4.10. The SMILES string of the molecule is CC(C)CN1C(=S)N[C@H](c2ccccn2)[C@H]1c1cccn1-c1ccc(F)cc1. The molecule has 3 aromatic rings. The second kappa shape index (κ2) is 7.72. The van der Waals surface area contributed by atoms with Crippen molar-refractivity contribution in [2.24, 2.45) is 5.92 Å². The van der Waals surface area contributed by atoms with E-state index >= 15 is 0 Å². The molecule has 3 heterocycles. The van der Waals surface area contributed by atoms with Gasteiger partial charge in [-0.2, -0.15) is 0 Å². The van der Waals surface area contributed by atoms with Gasteiger partial charge in [0.15, 0.2) is 5.11 Å². The Balaban J connectivity index is 1.80. The molecule has 0 bridgehead atoms. The van der Waals surface area contributed by atoms with E-state index in [4.69, 9.17) is 12.2 Å². The van der Waals surface area contributed by atoms with Crippen molar-refractivity contribution in [1.82, 2.24) is 19.8 Å². The average Bonchev–Trinajstić information content (AvgIpc) is 3.28. The van der Waals surface area contributed by atoms with Crippen LogP contribution in [0.15, 0.2) is 67.0 Å². The topological polar surface area (TPSA) is 33.1 Å². The summed E-state index contributed by atoms with van der Waals surface area (Å²) < 4.78 is 15.5. The van der Waals surface area contributed by atoms with Gasteiger partial charge in [0.2, 0.25) is 0 Å². The zero-order valence-electron chi connectivity index (χ0n) is 15.9. The van der Waals surface area contributed by atoms with Crippen molar-refractivity contribution in [3.05, 3.63) is 84.2 Å². The molecular formula is C22H23FN4S. The Kier molecular flexibility index (Phi) is 5.13. The van der Waals surface area contributed by atoms with Crippen molar-refractivity contribution in [2.75, 3.05) is 6.54 Å². The first-order valence-corrected chi connectivity index (χ1v) is 9.86. The van der Waals surface area contributed by atoms with Crippen molar-refractivity contribution in [1.29, 1.82) is 0 Å². The van der Waals surface area contributed by atoms with Crippen LogP contribution in [0.2, 0.25) is 0 Å². The number of hydrogen-bond acceptors (Lipinski definition) is 2. The van der Waals surface area contributed by atoms with Gasteiger partial charge in [0.1, 0.15) is 5.82 Å². The van der Waals surface area contributed by atoms with E-state index in [1.165, 1.54) is 12.1 Å². The van der Waals surface area contributed by atoms with Crippen LogP contribution in [0.5, 0.6) is 0 Å².